The molecule has 35 heavy (non-hydrogen) atoms. The molecule has 1 unspecified atom stereocenters. The van der Waals surface area contributed by atoms with Crippen molar-refractivity contribution in [1.29, 1.82) is 0 Å². The first kappa shape index (κ1) is 24.3. The van der Waals surface area contributed by atoms with E-state index in [1.54, 1.807) is 6.20 Å². The van der Waals surface area contributed by atoms with Gasteiger partial charge in [-0.15, -0.1) is 0 Å². The highest BCUT2D eigenvalue weighted by molar-refractivity contribution is 5.87. The summed E-state index contributed by atoms with van der Waals surface area (Å²) in [6.07, 6.45) is 6.16. The number of hydrogen-bond acceptors (Lipinski definition) is 5. The van der Waals surface area contributed by atoms with Gasteiger partial charge in [-0.3, -0.25) is 19.8 Å². The van der Waals surface area contributed by atoms with Gasteiger partial charge in [-0.2, -0.15) is 0 Å². The molecular weight excluding hydrogens is 448 g/mol. The summed E-state index contributed by atoms with van der Waals surface area (Å²) in [5.41, 5.74) is 4.01. The smallest absolute Gasteiger partial charge is 0.251 e. The lowest BCUT2D eigenvalue weighted by atomic mass is 9.89. The molecule has 5 rings (SSSR count). The molecule has 1 aromatic heterocycles. The summed E-state index contributed by atoms with van der Waals surface area (Å²) < 4.78 is 33.3. The van der Waals surface area contributed by atoms with E-state index in [1.165, 1.54) is 5.56 Å². The maximum absolute atomic E-state index is 13.7. The Morgan fingerprint density at radius 3 is 2.80 bits per heavy atom. The van der Waals surface area contributed by atoms with Gasteiger partial charge in [0.1, 0.15) is 0 Å². The van der Waals surface area contributed by atoms with Crippen molar-refractivity contribution in [2.24, 2.45) is 9.98 Å². The molecule has 8 heteroatoms. The van der Waals surface area contributed by atoms with Crippen molar-refractivity contribution in [2.75, 3.05) is 32.9 Å². The van der Waals surface area contributed by atoms with E-state index in [1.807, 2.05) is 36.2 Å². The number of alkyl halides is 2. The number of likely N-dealkylation sites (tertiary alicyclic amines) is 1. The number of H-pyrrole nitrogens is 1. The lowest BCUT2D eigenvalue weighted by molar-refractivity contribution is -0.0427. The van der Waals surface area contributed by atoms with Crippen molar-refractivity contribution in [2.45, 2.75) is 63.1 Å². The van der Waals surface area contributed by atoms with Crippen LogP contribution in [0.3, 0.4) is 0 Å². The maximum atomic E-state index is 13.7. The van der Waals surface area contributed by atoms with E-state index in [2.05, 4.69) is 27.7 Å². The van der Waals surface area contributed by atoms with Crippen LogP contribution in [-0.2, 0) is 11.2 Å². The molecule has 6 nitrogen and oxygen atoms in total. The molecule has 1 spiro atoms. The predicted octanol–water partition coefficient (Wildman–Crippen LogP) is 4.98. The number of aromatic nitrogens is 1. The number of fused-ring (bicyclic) bond motifs is 3. The fraction of sp³-hybridized carbons (Fsp3) is 0.556. The van der Waals surface area contributed by atoms with Crippen molar-refractivity contribution < 1.29 is 13.5 Å². The Labute approximate surface area is 205 Å². The van der Waals surface area contributed by atoms with Gasteiger partial charge in [0.2, 0.25) is 0 Å². The second-order valence-electron chi connectivity index (χ2n) is 10.1. The van der Waals surface area contributed by atoms with Crippen molar-refractivity contribution in [3.8, 4) is 0 Å². The first-order valence-corrected chi connectivity index (χ1v) is 12.6. The average molecular weight is 484 g/mol. The standard InChI is InChI=1S/C27H35F2N5O/c1-19-14-22-21-6-3-4-7-23(21)32-25(22)26(34(19)17-24(28)29)20(15-30-2)16-31-18-33-11-9-27(10-12-33)8-5-13-35-27/h3-4,6-7,15-16,19,24,26,32H,2,5,8-14,17-18H2,1H3/b20-15+,31-16-/t19?,26-/m0/s1. The summed E-state index contributed by atoms with van der Waals surface area (Å²) in [7, 11) is 0. The predicted molar refractivity (Wildman–Crippen MR) is 137 cm³/mol. The normalized spacial score (nSPS) is 25.8. The molecule has 2 saturated heterocycles. The monoisotopic (exact) mass is 483 g/mol. The van der Waals surface area contributed by atoms with E-state index >= 15 is 0 Å². The van der Waals surface area contributed by atoms with Crippen LogP contribution in [0, 0.1) is 0 Å². The highest BCUT2D eigenvalue weighted by atomic mass is 19.3. The summed E-state index contributed by atoms with van der Waals surface area (Å²) in [6.45, 7) is 8.73. The van der Waals surface area contributed by atoms with Crippen LogP contribution in [0.1, 0.15) is 49.9 Å². The second-order valence-corrected chi connectivity index (χ2v) is 10.1. The van der Waals surface area contributed by atoms with Crippen molar-refractivity contribution >= 4 is 23.8 Å². The van der Waals surface area contributed by atoms with Crippen molar-refractivity contribution in [3.05, 3.63) is 47.3 Å². The van der Waals surface area contributed by atoms with Gasteiger partial charge in [-0.25, -0.2) is 8.78 Å². The highest BCUT2D eigenvalue weighted by Crippen LogP contribution is 2.41. The molecule has 4 heterocycles. The zero-order valence-electron chi connectivity index (χ0n) is 20.4. The van der Waals surface area contributed by atoms with Gasteiger partial charge in [0.05, 0.1) is 24.9 Å². The van der Waals surface area contributed by atoms with Gasteiger partial charge < -0.3 is 9.72 Å². The zero-order chi connectivity index (χ0) is 24.4. The Hall–Kier alpha value is -2.42. The zero-order valence-corrected chi connectivity index (χ0v) is 20.4. The molecule has 188 valence electrons. The van der Waals surface area contributed by atoms with Crippen molar-refractivity contribution in [3.63, 3.8) is 0 Å². The van der Waals surface area contributed by atoms with Crippen LogP contribution in [0.5, 0.6) is 0 Å². The molecule has 2 atom stereocenters. The number of ether oxygens (including phenoxy) is 1. The van der Waals surface area contributed by atoms with E-state index in [0.29, 0.717) is 13.1 Å². The third-order valence-corrected chi connectivity index (χ3v) is 7.90. The second kappa shape index (κ2) is 10.3. The summed E-state index contributed by atoms with van der Waals surface area (Å²) in [6, 6.07) is 7.70. The van der Waals surface area contributed by atoms with Crippen LogP contribution in [-0.4, -0.2) is 78.7 Å². The number of rotatable bonds is 7. The molecule has 2 aromatic rings. The molecule has 1 N–H and O–H groups in total. The van der Waals surface area contributed by atoms with Gasteiger partial charge in [-0.1, -0.05) is 18.2 Å². The largest absolute Gasteiger partial charge is 0.375 e. The van der Waals surface area contributed by atoms with Crippen LogP contribution in [0.4, 0.5) is 8.78 Å². The van der Waals surface area contributed by atoms with Crippen LogP contribution < -0.4 is 0 Å². The Bertz CT molecular complexity index is 1090. The number of halogens is 2. The number of aliphatic imine (C=N–C) groups is 2. The topological polar surface area (TPSA) is 56.2 Å². The average Bonchev–Trinajstić information content (AvgIpc) is 3.45. The van der Waals surface area contributed by atoms with Crippen LogP contribution in [0.15, 0.2) is 46.0 Å². The maximum Gasteiger partial charge on any atom is 0.251 e. The number of benzene rings is 1. The third-order valence-electron chi connectivity index (χ3n) is 7.90. The lowest BCUT2D eigenvalue weighted by Gasteiger charge is -2.41. The SMILES string of the molecule is C=N/C=C(\C=N/CN1CCC2(CCCO2)CC1)[C@H]1c2[nH]c3ccccc3c2CC(C)N1CC(F)F. The van der Waals surface area contributed by atoms with E-state index in [0.717, 1.165) is 67.5 Å². The molecule has 1 aromatic carbocycles. The van der Waals surface area contributed by atoms with Gasteiger partial charge in [0.25, 0.3) is 6.43 Å². The number of para-hydroxylation sites is 1. The molecule has 2 fully saturated rings. The lowest BCUT2D eigenvalue weighted by Crippen LogP contribution is -2.45. The van der Waals surface area contributed by atoms with Gasteiger partial charge in [0, 0.05) is 60.3 Å². The fourth-order valence-electron chi connectivity index (χ4n) is 6.10. The summed E-state index contributed by atoms with van der Waals surface area (Å²) in [5.74, 6) is 0. The Balaban J connectivity index is 1.39. The minimum Gasteiger partial charge on any atom is -0.375 e. The molecule has 0 amide bonds. The molecule has 0 radical (unpaired) electrons. The van der Waals surface area contributed by atoms with Crippen molar-refractivity contribution in [1.82, 2.24) is 14.8 Å². The van der Waals surface area contributed by atoms with Crippen LogP contribution >= 0.6 is 0 Å². The summed E-state index contributed by atoms with van der Waals surface area (Å²) >= 11 is 0. The first-order valence-electron chi connectivity index (χ1n) is 12.6. The third kappa shape index (κ3) is 4.97. The van der Waals surface area contributed by atoms with E-state index in [9.17, 15) is 8.78 Å². The molecule has 3 aliphatic heterocycles. The molecule has 0 saturated carbocycles. The molecular formula is C27H35F2N5O. The number of nitrogens with one attached hydrogen (secondary N) is 1. The Kier molecular flexibility index (Phi) is 7.14. The Morgan fingerprint density at radius 1 is 1.29 bits per heavy atom. The number of piperidine rings is 1. The fourth-order valence-corrected chi connectivity index (χ4v) is 6.10. The molecule has 0 aliphatic carbocycles. The minimum atomic E-state index is -2.43. The number of aromatic amines is 1. The van der Waals surface area contributed by atoms with Gasteiger partial charge in [-0.05, 0) is 57.4 Å². The molecule has 0 bridgehead atoms. The van der Waals surface area contributed by atoms with E-state index in [4.69, 9.17) is 9.73 Å². The van der Waals surface area contributed by atoms with E-state index < -0.39 is 6.43 Å². The number of nitrogens with zero attached hydrogens (tertiary/aromatic N) is 4. The number of hydrogen-bond donors (Lipinski definition) is 1. The Morgan fingerprint density at radius 2 is 2.09 bits per heavy atom. The summed E-state index contributed by atoms with van der Waals surface area (Å²) in [5, 5.41) is 1.15. The van der Waals surface area contributed by atoms with Gasteiger partial charge in [0.15, 0.2) is 0 Å². The molecule has 3 aliphatic rings. The van der Waals surface area contributed by atoms with Crippen LogP contribution in [0.2, 0.25) is 0 Å². The quantitative estimate of drug-likeness (QED) is 0.565. The minimum absolute atomic E-state index is 0.0491. The summed E-state index contributed by atoms with van der Waals surface area (Å²) in [4.78, 5) is 16.5. The van der Waals surface area contributed by atoms with Gasteiger partial charge >= 0.3 is 0 Å². The van der Waals surface area contributed by atoms with Crippen LogP contribution in [0.25, 0.3) is 10.9 Å². The van der Waals surface area contributed by atoms with E-state index in [-0.39, 0.29) is 24.2 Å². The first-order chi connectivity index (χ1) is 17.0. The highest BCUT2D eigenvalue weighted by Gasteiger charge is 2.39.